The second kappa shape index (κ2) is 9.87. The van der Waals surface area contributed by atoms with E-state index in [1.165, 1.54) is 17.7 Å². The highest BCUT2D eigenvalue weighted by Gasteiger charge is 2.18. The molecule has 5 aromatic rings. The lowest BCUT2D eigenvalue weighted by atomic mass is 10.0. The number of fused-ring (bicyclic) bond motifs is 1. The van der Waals surface area contributed by atoms with E-state index in [-0.39, 0.29) is 28.8 Å². The summed E-state index contributed by atoms with van der Waals surface area (Å²) in [6.45, 7) is 2.08. The molecule has 0 atom stereocenters. The van der Waals surface area contributed by atoms with E-state index in [1.54, 1.807) is 34.9 Å². The van der Waals surface area contributed by atoms with Crippen molar-refractivity contribution in [3.8, 4) is 34.2 Å². The number of benzene rings is 4. The molecule has 0 amide bonds. The number of carbonyl (C=O) groups is 1. The van der Waals surface area contributed by atoms with E-state index in [2.05, 4.69) is 17.2 Å². The maximum atomic E-state index is 11.2. The summed E-state index contributed by atoms with van der Waals surface area (Å²) in [5.74, 6) is -0.0819. The van der Waals surface area contributed by atoms with E-state index in [9.17, 15) is 15.0 Å². The molecule has 0 unspecified atom stereocenters. The van der Waals surface area contributed by atoms with Crippen molar-refractivity contribution in [3.05, 3.63) is 96.6 Å². The second-order valence-electron chi connectivity index (χ2n) is 8.31. The summed E-state index contributed by atoms with van der Waals surface area (Å²) in [7, 11) is 0. The van der Waals surface area contributed by atoms with Crippen molar-refractivity contribution in [2.45, 2.75) is 13.3 Å². The molecule has 37 heavy (non-hydrogen) atoms. The van der Waals surface area contributed by atoms with Crippen molar-refractivity contribution in [2.24, 2.45) is 10.2 Å². The Bertz CT molecular complexity index is 1640. The summed E-state index contributed by atoms with van der Waals surface area (Å²) in [5.41, 5.74) is 4.18. The van der Waals surface area contributed by atoms with Gasteiger partial charge in [0.2, 0.25) is 5.88 Å². The lowest BCUT2D eigenvalue weighted by molar-refractivity contribution is 0.144. The number of hydrogen-bond acceptors (Lipinski definition) is 6. The number of azo groups is 1. The summed E-state index contributed by atoms with van der Waals surface area (Å²) in [6.07, 6.45) is -0.512. The van der Waals surface area contributed by atoms with Gasteiger partial charge >= 0.3 is 6.16 Å². The molecule has 4 aromatic carbocycles. The first-order valence-corrected chi connectivity index (χ1v) is 11.6. The van der Waals surface area contributed by atoms with Crippen LogP contribution in [0.5, 0.6) is 17.4 Å². The topological polar surface area (TPSA) is 117 Å². The van der Waals surface area contributed by atoms with E-state index in [0.717, 1.165) is 17.6 Å². The molecule has 0 aliphatic heterocycles. The molecule has 0 aliphatic carbocycles. The van der Waals surface area contributed by atoms with Crippen LogP contribution in [0.4, 0.5) is 16.2 Å². The van der Waals surface area contributed by atoms with Gasteiger partial charge in [-0.15, -0.1) is 10.2 Å². The number of ether oxygens (including phenoxy) is 1. The Labute approximate surface area is 212 Å². The highest BCUT2D eigenvalue weighted by Crippen LogP contribution is 2.43. The minimum absolute atomic E-state index is 0.0663. The van der Waals surface area contributed by atoms with Crippen LogP contribution >= 0.6 is 0 Å². The second-order valence-corrected chi connectivity index (χ2v) is 8.31. The van der Waals surface area contributed by atoms with Crippen LogP contribution in [0.25, 0.3) is 27.7 Å². The number of rotatable bonds is 6. The van der Waals surface area contributed by atoms with Crippen molar-refractivity contribution in [1.82, 2.24) is 4.57 Å². The summed E-state index contributed by atoms with van der Waals surface area (Å²) >= 11 is 0. The summed E-state index contributed by atoms with van der Waals surface area (Å²) in [4.78, 5) is 10.9. The highest BCUT2D eigenvalue weighted by atomic mass is 16.7. The summed E-state index contributed by atoms with van der Waals surface area (Å²) < 4.78 is 6.44. The monoisotopic (exact) mass is 493 g/mol. The van der Waals surface area contributed by atoms with Crippen LogP contribution in [-0.2, 0) is 6.42 Å². The fraction of sp³-hybridized carbons (Fsp3) is 0.0690. The van der Waals surface area contributed by atoms with Crippen LogP contribution in [0.2, 0.25) is 0 Å². The minimum atomic E-state index is -1.43. The molecule has 0 aliphatic rings. The fourth-order valence-corrected chi connectivity index (χ4v) is 4.23. The van der Waals surface area contributed by atoms with Gasteiger partial charge in [-0.3, -0.25) is 4.57 Å². The predicted octanol–water partition coefficient (Wildman–Crippen LogP) is 7.74. The number of aromatic hydroxyl groups is 2. The van der Waals surface area contributed by atoms with Crippen LogP contribution in [-0.4, -0.2) is 26.0 Å². The van der Waals surface area contributed by atoms with Gasteiger partial charge in [0.1, 0.15) is 11.4 Å². The molecule has 1 aromatic heterocycles. The van der Waals surface area contributed by atoms with Crippen molar-refractivity contribution < 1.29 is 24.9 Å². The maximum Gasteiger partial charge on any atom is 0.511 e. The van der Waals surface area contributed by atoms with Crippen LogP contribution < -0.4 is 4.74 Å². The van der Waals surface area contributed by atoms with Gasteiger partial charge in [0.05, 0.1) is 5.52 Å². The molecular weight excluding hydrogens is 470 g/mol. The smallest absolute Gasteiger partial charge is 0.505 e. The van der Waals surface area contributed by atoms with Gasteiger partial charge in [0.25, 0.3) is 0 Å². The van der Waals surface area contributed by atoms with Gasteiger partial charge in [0, 0.05) is 16.6 Å². The number of aromatic nitrogens is 1. The first kappa shape index (κ1) is 23.6. The number of phenolic OH excluding ortho intramolecular Hbond substituents is 1. The molecule has 5 rings (SSSR count). The Hall–Kier alpha value is -5.11. The average Bonchev–Trinajstić information content (AvgIpc) is 3.19. The molecule has 8 nitrogen and oxygen atoms in total. The third kappa shape index (κ3) is 4.60. The van der Waals surface area contributed by atoms with Gasteiger partial charge in [0.15, 0.2) is 11.4 Å². The Morgan fingerprint density at radius 1 is 0.892 bits per heavy atom. The summed E-state index contributed by atoms with van der Waals surface area (Å²) in [6, 6.07) is 26.8. The Morgan fingerprint density at radius 3 is 2.41 bits per heavy atom. The fourth-order valence-electron chi connectivity index (χ4n) is 4.23. The number of carboxylic acid groups (broad SMARTS) is 1. The van der Waals surface area contributed by atoms with Crippen LogP contribution in [0, 0.1) is 0 Å². The predicted molar refractivity (Wildman–Crippen MR) is 141 cm³/mol. The van der Waals surface area contributed by atoms with E-state index in [1.807, 2.05) is 48.5 Å². The highest BCUT2D eigenvalue weighted by molar-refractivity contribution is 5.96. The van der Waals surface area contributed by atoms with Crippen molar-refractivity contribution >= 4 is 28.4 Å². The number of hydrogen-bond donors (Lipinski definition) is 3. The molecule has 0 saturated carbocycles. The number of para-hydroxylation sites is 2. The van der Waals surface area contributed by atoms with Crippen LogP contribution in [0.15, 0.2) is 101 Å². The quantitative estimate of drug-likeness (QED) is 0.127. The van der Waals surface area contributed by atoms with Crippen molar-refractivity contribution in [2.75, 3.05) is 0 Å². The van der Waals surface area contributed by atoms with Gasteiger partial charge in [-0.1, -0.05) is 61.5 Å². The van der Waals surface area contributed by atoms with Crippen LogP contribution in [0.1, 0.15) is 12.5 Å². The standard InChI is InChI=1S/C29H23N3O5/c1-2-18-13-15-20(16-14-18)32-25-12-4-3-9-23(25)26(28(32)34)31-30-24-11-6-10-22(27(24)33)19-7-5-8-21(17-19)37-29(35)36/h3-17,33-34H,2H2,1H3,(H,35,36). The van der Waals surface area contributed by atoms with Crippen molar-refractivity contribution in [1.29, 1.82) is 0 Å². The largest absolute Gasteiger partial charge is 0.511 e. The molecule has 184 valence electrons. The van der Waals surface area contributed by atoms with Gasteiger partial charge < -0.3 is 20.1 Å². The van der Waals surface area contributed by atoms with Gasteiger partial charge in [-0.25, -0.2) is 4.79 Å². The SMILES string of the molecule is CCc1ccc(-n2c(O)c(N=Nc3cccc(-c4cccc(OC(=O)O)c4)c3O)c3ccccc32)cc1. The van der Waals surface area contributed by atoms with Gasteiger partial charge in [-0.2, -0.15) is 0 Å². The Kier molecular flexibility index (Phi) is 6.30. The van der Waals surface area contributed by atoms with Crippen LogP contribution in [0.3, 0.4) is 0 Å². The molecule has 0 bridgehead atoms. The number of phenols is 1. The molecule has 8 heteroatoms. The Balaban J connectivity index is 1.55. The van der Waals surface area contributed by atoms with Crippen molar-refractivity contribution in [3.63, 3.8) is 0 Å². The molecule has 0 saturated heterocycles. The minimum Gasteiger partial charge on any atom is -0.505 e. The molecular formula is C29H23N3O5. The molecule has 0 radical (unpaired) electrons. The normalized spacial score (nSPS) is 11.3. The van der Waals surface area contributed by atoms with Gasteiger partial charge in [-0.05, 0) is 53.9 Å². The zero-order valence-corrected chi connectivity index (χ0v) is 19.9. The number of aryl methyl sites for hydroxylation is 1. The first-order valence-electron chi connectivity index (χ1n) is 11.6. The molecule has 1 heterocycles. The molecule has 0 spiro atoms. The van der Waals surface area contributed by atoms with E-state index < -0.39 is 6.16 Å². The maximum absolute atomic E-state index is 11.2. The van der Waals surface area contributed by atoms with E-state index in [0.29, 0.717) is 16.5 Å². The molecule has 0 fully saturated rings. The zero-order chi connectivity index (χ0) is 25.9. The lowest BCUT2D eigenvalue weighted by Crippen LogP contribution is -2.02. The first-order chi connectivity index (χ1) is 18.0. The molecule has 3 N–H and O–H groups in total. The third-order valence-corrected chi connectivity index (χ3v) is 6.05. The van der Waals surface area contributed by atoms with E-state index in [4.69, 9.17) is 9.84 Å². The zero-order valence-electron chi connectivity index (χ0n) is 19.9. The number of nitrogens with zero attached hydrogens (tertiary/aromatic N) is 3. The Morgan fingerprint density at radius 2 is 1.65 bits per heavy atom. The third-order valence-electron chi connectivity index (χ3n) is 6.05. The summed E-state index contributed by atoms with van der Waals surface area (Å²) in [5, 5.41) is 40.3. The average molecular weight is 494 g/mol. The van der Waals surface area contributed by atoms with E-state index >= 15 is 0 Å². The lowest BCUT2D eigenvalue weighted by Gasteiger charge is -2.08.